The molecule has 0 aliphatic carbocycles. The normalized spacial score (nSPS) is 21.1. The van der Waals surface area contributed by atoms with Crippen LogP contribution in [0.2, 0.25) is 0 Å². The van der Waals surface area contributed by atoms with Crippen molar-refractivity contribution in [3.05, 3.63) is 0 Å². The van der Waals surface area contributed by atoms with Gasteiger partial charge in [-0.2, -0.15) is 0 Å². The van der Waals surface area contributed by atoms with Gasteiger partial charge in [-0.1, -0.05) is 0 Å². The Morgan fingerprint density at radius 1 is 1.13 bits per heavy atom. The van der Waals surface area contributed by atoms with Gasteiger partial charge in [-0.15, -0.1) is 0 Å². The van der Waals surface area contributed by atoms with Crippen LogP contribution in [0.25, 0.3) is 0 Å². The molecule has 0 aromatic carbocycles. The SMILES string of the molecule is O=C(O)[C@@H](O)[C@H](O)[C@@H](O)[C@@](O)(I)C(=O)O. The minimum absolute atomic E-state index is 0.906. The predicted molar refractivity (Wildman–Crippen MR) is 52.3 cm³/mol. The molecule has 88 valence electrons. The first-order valence-corrected chi connectivity index (χ1v) is 4.62. The topological polar surface area (TPSA) is 156 Å². The largest absolute Gasteiger partial charge is 0.479 e. The van der Waals surface area contributed by atoms with E-state index in [1.165, 1.54) is 0 Å². The number of hydrogen-bond acceptors (Lipinski definition) is 6. The van der Waals surface area contributed by atoms with Crippen LogP contribution in [0.3, 0.4) is 0 Å². The highest BCUT2D eigenvalue weighted by atomic mass is 127. The molecule has 0 radical (unpaired) electrons. The molecule has 9 heteroatoms. The summed E-state index contributed by atoms with van der Waals surface area (Å²) in [5, 5.41) is 52.8. The first kappa shape index (κ1) is 14.5. The van der Waals surface area contributed by atoms with E-state index in [0.717, 1.165) is 22.6 Å². The highest BCUT2D eigenvalue weighted by Gasteiger charge is 2.48. The molecular weight excluding hydrogens is 327 g/mol. The summed E-state index contributed by atoms with van der Waals surface area (Å²) in [6.07, 6.45) is -7.05. The number of aliphatic hydroxyl groups is 4. The molecule has 6 N–H and O–H groups in total. The van der Waals surface area contributed by atoms with Gasteiger partial charge in [0.1, 0.15) is 12.2 Å². The van der Waals surface area contributed by atoms with Crippen molar-refractivity contribution in [1.29, 1.82) is 0 Å². The van der Waals surface area contributed by atoms with Crippen molar-refractivity contribution in [2.45, 2.75) is 21.9 Å². The van der Waals surface area contributed by atoms with E-state index in [4.69, 9.17) is 30.6 Å². The molecule has 0 aromatic heterocycles. The zero-order valence-corrected chi connectivity index (χ0v) is 9.27. The smallest absolute Gasteiger partial charge is 0.349 e. The standard InChI is InChI=1S/C6H9IO8/c7-6(15,5(13)14)3(10)1(8)2(9)4(11)12/h1-3,8-10,15H,(H,11,12)(H,13,14)/t1-,2-,3+,6-/m0/s1. The fraction of sp³-hybridized carbons (Fsp3) is 0.667. The zero-order chi connectivity index (χ0) is 12.4. The Bertz CT molecular complexity index is 264. The van der Waals surface area contributed by atoms with Crippen LogP contribution in [0.1, 0.15) is 0 Å². The molecule has 0 saturated carbocycles. The number of alkyl halides is 1. The number of hydrogen-bond donors (Lipinski definition) is 6. The first-order valence-electron chi connectivity index (χ1n) is 3.54. The number of carbonyl (C=O) groups is 2. The monoisotopic (exact) mass is 336 g/mol. The Labute approximate surface area is 96.9 Å². The molecule has 0 aliphatic heterocycles. The maximum absolute atomic E-state index is 10.4. The minimum atomic E-state index is -2.78. The average Bonchev–Trinajstić information content (AvgIpc) is 2.13. The second-order valence-electron chi connectivity index (χ2n) is 2.70. The lowest BCUT2D eigenvalue weighted by Gasteiger charge is -2.27. The summed E-state index contributed by atoms with van der Waals surface area (Å²) < 4.78 is -2.78. The van der Waals surface area contributed by atoms with Gasteiger partial charge >= 0.3 is 11.9 Å². The van der Waals surface area contributed by atoms with Crippen molar-refractivity contribution < 1.29 is 40.2 Å². The molecule has 0 spiro atoms. The molecule has 4 atom stereocenters. The molecule has 0 unspecified atom stereocenters. The van der Waals surface area contributed by atoms with Crippen LogP contribution >= 0.6 is 22.6 Å². The third-order valence-electron chi connectivity index (χ3n) is 1.59. The quantitative estimate of drug-likeness (QED) is 0.235. The molecule has 15 heavy (non-hydrogen) atoms. The van der Waals surface area contributed by atoms with Crippen molar-refractivity contribution in [3.8, 4) is 0 Å². The van der Waals surface area contributed by atoms with E-state index in [1.807, 2.05) is 0 Å². The Balaban J connectivity index is 4.78. The van der Waals surface area contributed by atoms with E-state index in [1.54, 1.807) is 0 Å². The lowest BCUT2D eigenvalue weighted by Crippen LogP contribution is -2.55. The lowest BCUT2D eigenvalue weighted by molar-refractivity contribution is -0.175. The van der Waals surface area contributed by atoms with Crippen LogP contribution in [0.15, 0.2) is 0 Å². The van der Waals surface area contributed by atoms with Crippen LogP contribution in [-0.4, -0.2) is 64.5 Å². The van der Waals surface area contributed by atoms with Crippen LogP contribution < -0.4 is 0 Å². The summed E-state index contributed by atoms with van der Waals surface area (Å²) in [5.74, 6) is -3.72. The molecule has 0 saturated heterocycles. The Kier molecular flexibility index (Phi) is 4.86. The Morgan fingerprint density at radius 3 is 1.80 bits per heavy atom. The second-order valence-corrected chi connectivity index (χ2v) is 4.34. The molecule has 0 amide bonds. The summed E-state index contributed by atoms with van der Waals surface area (Å²) in [4.78, 5) is 20.6. The number of aliphatic carboxylic acids is 2. The predicted octanol–water partition coefficient (Wildman–Crippen LogP) is -2.64. The van der Waals surface area contributed by atoms with E-state index in [9.17, 15) is 9.59 Å². The molecule has 0 heterocycles. The Morgan fingerprint density at radius 2 is 1.53 bits per heavy atom. The highest BCUT2D eigenvalue weighted by Crippen LogP contribution is 2.23. The maximum Gasteiger partial charge on any atom is 0.349 e. The first-order chi connectivity index (χ1) is 6.62. The summed E-state index contributed by atoms with van der Waals surface area (Å²) in [7, 11) is 0. The second kappa shape index (κ2) is 5.03. The molecule has 0 aromatic rings. The van der Waals surface area contributed by atoms with Gasteiger partial charge in [0.25, 0.3) is 0 Å². The van der Waals surface area contributed by atoms with E-state index in [-0.39, 0.29) is 0 Å². The van der Waals surface area contributed by atoms with E-state index in [0.29, 0.717) is 0 Å². The summed E-state index contributed by atoms with van der Waals surface area (Å²) in [6.45, 7) is 0. The van der Waals surface area contributed by atoms with Gasteiger partial charge in [0.05, 0.1) is 0 Å². The van der Waals surface area contributed by atoms with Crippen LogP contribution in [0.5, 0.6) is 0 Å². The van der Waals surface area contributed by atoms with Crippen molar-refractivity contribution >= 4 is 34.5 Å². The summed E-state index contributed by atoms with van der Waals surface area (Å²) >= 11 is 0.906. The number of carboxylic acids is 2. The van der Waals surface area contributed by atoms with Gasteiger partial charge in [-0.25, -0.2) is 9.59 Å². The van der Waals surface area contributed by atoms with Gasteiger partial charge < -0.3 is 30.6 Å². The Hall–Kier alpha value is -0.490. The van der Waals surface area contributed by atoms with Crippen molar-refractivity contribution in [1.82, 2.24) is 0 Å². The number of halogens is 1. The van der Waals surface area contributed by atoms with E-state index in [2.05, 4.69) is 0 Å². The summed E-state index contributed by atoms with van der Waals surface area (Å²) in [6, 6.07) is 0. The van der Waals surface area contributed by atoms with Gasteiger partial charge in [-0.05, 0) is 22.6 Å². The fourth-order valence-electron chi connectivity index (χ4n) is 0.672. The molecule has 0 bridgehead atoms. The summed E-state index contributed by atoms with van der Waals surface area (Å²) in [5.41, 5.74) is 0. The molecular formula is C6H9IO8. The molecule has 0 rings (SSSR count). The molecule has 0 aliphatic rings. The van der Waals surface area contributed by atoms with E-state index >= 15 is 0 Å². The number of aliphatic hydroxyl groups excluding tert-OH is 3. The molecule has 0 fully saturated rings. The van der Waals surface area contributed by atoms with Crippen LogP contribution in [-0.2, 0) is 9.59 Å². The van der Waals surface area contributed by atoms with E-state index < -0.39 is 33.9 Å². The van der Waals surface area contributed by atoms with Crippen molar-refractivity contribution in [2.75, 3.05) is 0 Å². The fourth-order valence-corrected chi connectivity index (χ4v) is 1.04. The number of carboxylic acid groups (broad SMARTS) is 2. The van der Waals surface area contributed by atoms with Gasteiger partial charge in [-0.3, -0.25) is 0 Å². The lowest BCUT2D eigenvalue weighted by atomic mass is 10.0. The number of rotatable bonds is 5. The molecule has 8 nitrogen and oxygen atoms in total. The van der Waals surface area contributed by atoms with Crippen molar-refractivity contribution in [3.63, 3.8) is 0 Å². The van der Waals surface area contributed by atoms with Gasteiger partial charge in [0, 0.05) is 0 Å². The zero-order valence-electron chi connectivity index (χ0n) is 7.11. The minimum Gasteiger partial charge on any atom is -0.479 e. The van der Waals surface area contributed by atoms with Crippen LogP contribution in [0, 0.1) is 0 Å². The van der Waals surface area contributed by atoms with Gasteiger partial charge in [0.15, 0.2) is 6.10 Å². The van der Waals surface area contributed by atoms with Crippen LogP contribution in [0.4, 0.5) is 0 Å². The van der Waals surface area contributed by atoms with Gasteiger partial charge in [0.2, 0.25) is 3.61 Å². The van der Waals surface area contributed by atoms with Crippen molar-refractivity contribution in [2.24, 2.45) is 0 Å². The third-order valence-corrected chi connectivity index (χ3v) is 2.69. The third kappa shape index (κ3) is 3.24. The maximum atomic E-state index is 10.4. The average molecular weight is 336 g/mol. The highest BCUT2D eigenvalue weighted by molar-refractivity contribution is 14.1.